The van der Waals surface area contributed by atoms with E-state index < -0.39 is 0 Å². The average molecular weight is 227 g/mol. The number of hydrogen-bond acceptors (Lipinski definition) is 2. The monoisotopic (exact) mass is 226 g/mol. The molecule has 3 saturated carbocycles. The lowest BCUT2D eigenvalue weighted by Crippen LogP contribution is -2.77. The lowest BCUT2D eigenvalue weighted by Gasteiger charge is -2.70. The Morgan fingerprint density at radius 1 is 1.33 bits per heavy atom. The second-order valence-electron chi connectivity index (χ2n) is 4.86. The molecule has 0 aromatic heterocycles. The van der Waals surface area contributed by atoms with Crippen molar-refractivity contribution in [1.82, 2.24) is 5.43 Å². The van der Waals surface area contributed by atoms with E-state index in [9.17, 15) is 4.39 Å². The van der Waals surface area contributed by atoms with Gasteiger partial charge in [0.05, 0.1) is 0 Å². The van der Waals surface area contributed by atoms with Crippen molar-refractivity contribution in [2.24, 2.45) is 5.84 Å². The topological polar surface area (TPSA) is 38.0 Å². The first-order chi connectivity index (χ1) is 7.09. The van der Waals surface area contributed by atoms with Crippen LogP contribution in [-0.2, 0) is 5.41 Å². The molecule has 0 radical (unpaired) electrons. The van der Waals surface area contributed by atoms with Crippen LogP contribution in [0.1, 0.15) is 24.8 Å². The standard InChI is InChI=1S/C11H12ClFN2/c12-9-3-7(13)1-2-8(9)10-4-11(5-10,6-10)15-14/h1-3,15H,4-6,14H2. The first-order valence-electron chi connectivity index (χ1n) is 5.03. The Kier molecular flexibility index (Phi) is 1.74. The van der Waals surface area contributed by atoms with E-state index in [4.69, 9.17) is 17.4 Å². The molecule has 2 bridgehead atoms. The van der Waals surface area contributed by atoms with E-state index >= 15 is 0 Å². The maximum Gasteiger partial charge on any atom is 0.124 e. The second-order valence-corrected chi connectivity index (χ2v) is 5.27. The van der Waals surface area contributed by atoms with E-state index in [1.807, 2.05) is 0 Å². The van der Waals surface area contributed by atoms with Crippen LogP contribution in [0, 0.1) is 5.82 Å². The summed E-state index contributed by atoms with van der Waals surface area (Å²) in [6.45, 7) is 0. The molecule has 3 fully saturated rings. The molecule has 0 aliphatic heterocycles. The Labute approximate surface area is 92.6 Å². The third kappa shape index (κ3) is 1.11. The molecule has 0 amide bonds. The van der Waals surface area contributed by atoms with Gasteiger partial charge in [-0.25, -0.2) is 4.39 Å². The molecule has 15 heavy (non-hydrogen) atoms. The molecule has 0 saturated heterocycles. The van der Waals surface area contributed by atoms with Crippen LogP contribution in [0.5, 0.6) is 0 Å². The van der Waals surface area contributed by atoms with Crippen molar-refractivity contribution in [3.63, 3.8) is 0 Å². The van der Waals surface area contributed by atoms with Crippen LogP contribution < -0.4 is 11.3 Å². The maximum absolute atomic E-state index is 12.9. The van der Waals surface area contributed by atoms with Crippen LogP contribution in [0.2, 0.25) is 5.02 Å². The summed E-state index contributed by atoms with van der Waals surface area (Å²) in [6.07, 6.45) is 3.05. The van der Waals surface area contributed by atoms with Crippen molar-refractivity contribution in [2.75, 3.05) is 0 Å². The summed E-state index contributed by atoms with van der Waals surface area (Å²) in [6, 6.07) is 4.67. The summed E-state index contributed by atoms with van der Waals surface area (Å²) in [5, 5.41) is 0.542. The van der Waals surface area contributed by atoms with Crippen molar-refractivity contribution in [3.05, 3.63) is 34.6 Å². The summed E-state index contributed by atoms with van der Waals surface area (Å²) in [7, 11) is 0. The molecule has 0 unspecified atom stereocenters. The molecule has 80 valence electrons. The van der Waals surface area contributed by atoms with Gasteiger partial charge in [-0.15, -0.1) is 0 Å². The van der Waals surface area contributed by atoms with Gasteiger partial charge in [0.1, 0.15) is 5.82 Å². The molecule has 1 aromatic rings. The van der Waals surface area contributed by atoms with Gasteiger partial charge < -0.3 is 0 Å². The normalized spacial score (nSPS) is 37.0. The number of benzene rings is 1. The molecule has 0 spiro atoms. The van der Waals surface area contributed by atoms with E-state index in [1.165, 1.54) is 12.1 Å². The average Bonchev–Trinajstić information content (AvgIpc) is 2.04. The molecular formula is C11H12ClFN2. The predicted molar refractivity (Wildman–Crippen MR) is 57.0 cm³/mol. The van der Waals surface area contributed by atoms with Gasteiger partial charge in [0.15, 0.2) is 0 Å². The van der Waals surface area contributed by atoms with Crippen molar-refractivity contribution in [3.8, 4) is 0 Å². The number of nitrogens with two attached hydrogens (primary N) is 1. The minimum atomic E-state index is -0.276. The predicted octanol–water partition coefficient (Wildman–Crippen LogP) is 2.12. The third-order valence-electron chi connectivity index (χ3n) is 3.84. The second kappa shape index (κ2) is 2.73. The highest BCUT2D eigenvalue weighted by Gasteiger charge is 2.68. The van der Waals surface area contributed by atoms with E-state index in [1.54, 1.807) is 6.07 Å². The summed E-state index contributed by atoms with van der Waals surface area (Å²) in [5.74, 6) is 5.19. The highest BCUT2D eigenvalue weighted by molar-refractivity contribution is 6.31. The van der Waals surface area contributed by atoms with Crippen molar-refractivity contribution in [2.45, 2.75) is 30.2 Å². The molecule has 3 N–H and O–H groups in total. The Bertz CT molecular complexity index is 413. The zero-order valence-electron chi connectivity index (χ0n) is 8.19. The molecule has 4 heteroatoms. The largest absolute Gasteiger partial charge is 0.271 e. The maximum atomic E-state index is 12.9. The van der Waals surface area contributed by atoms with Crippen molar-refractivity contribution in [1.29, 1.82) is 0 Å². The van der Waals surface area contributed by atoms with Crippen LogP contribution in [0.3, 0.4) is 0 Å². The van der Waals surface area contributed by atoms with Crippen LogP contribution in [-0.4, -0.2) is 5.54 Å². The highest BCUT2D eigenvalue weighted by Crippen LogP contribution is 2.68. The van der Waals surface area contributed by atoms with Crippen LogP contribution >= 0.6 is 11.6 Å². The lowest BCUT2D eigenvalue weighted by molar-refractivity contribution is -0.0882. The minimum absolute atomic E-state index is 0.137. The first-order valence-corrected chi connectivity index (χ1v) is 5.40. The zero-order chi connectivity index (χ0) is 10.7. The summed E-state index contributed by atoms with van der Waals surface area (Å²) >= 11 is 6.05. The van der Waals surface area contributed by atoms with E-state index in [0.29, 0.717) is 5.02 Å². The molecule has 4 rings (SSSR count). The van der Waals surface area contributed by atoms with E-state index in [0.717, 1.165) is 24.8 Å². The Balaban J connectivity index is 1.91. The molecule has 3 aliphatic carbocycles. The molecule has 0 atom stereocenters. The van der Waals surface area contributed by atoms with Crippen LogP contribution in [0.25, 0.3) is 0 Å². The molecule has 1 aromatic carbocycles. The Morgan fingerprint density at radius 2 is 2.00 bits per heavy atom. The fraction of sp³-hybridized carbons (Fsp3) is 0.455. The zero-order valence-corrected chi connectivity index (χ0v) is 8.94. The highest BCUT2D eigenvalue weighted by atomic mass is 35.5. The van der Waals surface area contributed by atoms with Gasteiger partial charge in [-0.1, -0.05) is 17.7 Å². The lowest BCUT2D eigenvalue weighted by atomic mass is 9.37. The Hall–Kier alpha value is -0.640. The first kappa shape index (κ1) is 9.58. The number of hydrogen-bond donors (Lipinski definition) is 2. The quantitative estimate of drug-likeness (QED) is 0.599. The molecule has 0 heterocycles. The molecule has 3 aliphatic rings. The van der Waals surface area contributed by atoms with E-state index in [-0.39, 0.29) is 16.8 Å². The number of rotatable bonds is 2. The van der Waals surface area contributed by atoms with Gasteiger partial charge in [0.2, 0.25) is 0 Å². The van der Waals surface area contributed by atoms with Gasteiger partial charge in [-0.2, -0.15) is 0 Å². The molecular weight excluding hydrogens is 215 g/mol. The summed E-state index contributed by atoms with van der Waals surface area (Å²) in [4.78, 5) is 0. The minimum Gasteiger partial charge on any atom is -0.271 e. The van der Waals surface area contributed by atoms with Gasteiger partial charge in [-0.05, 0) is 37.0 Å². The summed E-state index contributed by atoms with van der Waals surface area (Å²) in [5.41, 5.74) is 4.22. The summed E-state index contributed by atoms with van der Waals surface area (Å²) < 4.78 is 12.9. The third-order valence-corrected chi connectivity index (χ3v) is 4.15. The van der Waals surface area contributed by atoms with Gasteiger partial charge in [0, 0.05) is 16.0 Å². The van der Waals surface area contributed by atoms with Gasteiger partial charge in [0.25, 0.3) is 0 Å². The van der Waals surface area contributed by atoms with Gasteiger partial charge in [-0.3, -0.25) is 11.3 Å². The van der Waals surface area contributed by atoms with E-state index in [2.05, 4.69) is 5.43 Å². The van der Waals surface area contributed by atoms with Crippen LogP contribution in [0.4, 0.5) is 4.39 Å². The smallest absolute Gasteiger partial charge is 0.124 e. The number of nitrogens with one attached hydrogen (secondary N) is 1. The SMILES string of the molecule is NNC12CC(c3ccc(F)cc3Cl)(C1)C2. The van der Waals surface area contributed by atoms with Crippen LogP contribution in [0.15, 0.2) is 18.2 Å². The number of hydrazine groups is 1. The van der Waals surface area contributed by atoms with Gasteiger partial charge >= 0.3 is 0 Å². The fourth-order valence-electron chi connectivity index (χ4n) is 3.15. The Morgan fingerprint density at radius 3 is 2.53 bits per heavy atom. The fourth-order valence-corrected chi connectivity index (χ4v) is 3.51. The van der Waals surface area contributed by atoms with Crippen molar-refractivity contribution >= 4 is 11.6 Å². The van der Waals surface area contributed by atoms with Crippen molar-refractivity contribution < 1.29 is 4.39 Å². The molecule has 2 nitrogen and oxygen atoms in total. The number of halogens is 2.